The number of nitrogens with zero attached hydrogens (tertiary/aromatic N) is 4. The van der Waals surface area contributed by atoms with E-state index in [0.29, 0.717) is 37.7 Å². The first-order valence-corrected chi connectivity index (χ1v) is 10.7. The summed E-state index contributed by atoms with van der Waals surface area (Å²) in [6.45, 7) is 7.88. The van der Waals surface area contributed by atoms with E-state index in [9.17, 15) is 22.8 Å². The summed E-state index contributed by atoms with van der Waals surface area (Å²) in [5.74, 6) is -1.56. The fourth-order valence-corrected chi connectivity index (χ4v) is 3.26. The summed E-state index contributed by atoms with van der Waals surface area (Å²) in [5, 5.41) is 9.97. The first kappa shape index (κ1) is 26.8. The van der Waals surface area contributed by atoms with Crippen LogP contribution < -0.4 is 5.32 Å². The molecular weight excluding hydrogens is 455 g/mol. The fourth-order valence-electron chi connectivity index (χ4n) is 3.26. The Morgan fingerprint density at radius 3 is 2.47 bits per heavy atom. The van der Waals surface area contributed by atoms with Crippen LogP contribution in [0, 0.1) is 5.92 Å². The largest absolute Gasteiger partial charge is 0.490 e. The van der Waals surface area contributed by atoms with E-state index in [1.165, 1.54) is 0 Å². The zero-order chi connectivity index (χ0) is 25.5. The van der Waals surface area contributed by atoms with Gasteiger partial charge in [-0.3, -0.25) is 14.6 Å². The second-order valence-corrected chi connectivity index (χ2v) is 8.18. The average molecular weight is 483 g/mol. The summed E-state index contributed by atoms with van der Waals surface area (Å²) in [7, 11) is 0. The van der Waals surface area contributed by atoms with Crippen molar-refractivity contribution in [2.75, 3.05) is 6.54 Å². The molecule has 3 heterocycles. The average Bonchev–Trinajstić information content (AvgIpc) is 3.22. The third-order valence-electron chi connectivity index (χ3n) is 5.12. The number of aromatic nitrogens is 3. The highest BCUT2D eigenvalue weighted by atomic mass is 19.4. The van der Waals surface area contributed by atoms with Gasteiger partial charge in [0.15, 0.2) is 0 Å². The number of imidazole rings is 1. The van der Waals surface area contributed by atoms with Crippen molar-refractivity contribution in [3.05, 3.63) is 47.8 Å². The van der Waals surface area contributed by atoms with Gasteiger partial charge in [0.05, 0.1) is 18.3 Å². The number of halogens is 3. The van der Waals surface area contributed by atoms with Gasteiger partial charge in [-0.15, -0.1) is 0 Å². The minimum atomic E-state index is -5.08. The number of hydrogen-bond donors (Lipinski definition) is 2. The van der Waals surface area contributed by atoms with E-state index in [-0.39, 0.29) is 17.9 Å². The monoisotopic (exact) mass is 483 g/mol. The van der Waals surface area contributed by atoms with Crippen LogP contribution in [0.1, 0.15) is 61.7 Å². The Balaban J connectivity index is 0.000000509. The van der Waals surface area contributed by atoms with Crippen LogP contribution in [-0.4, -0.2) is 55.0 Å². The molecule has 0 spiro atoms. The molecule has 0 saturated heterocycles. The maximum absolute atomic E-state index is 12.5. The Bertz CT molecular complexity index is 992. The molecule has 3 rings (SSSR count). The van der Waals surface area contributed by atoms with Crippen LogP contribution >= 0.6 is 0 Å². The molecule has 2 amide bonds. The Morgan fingerprint density at radius 1 is 1.24 bits per heavy atom. The number of carbonyl (C=O) groups excluding carboxylic acids is 2. The van der Waals surface area contributed by atoms with Gasteiger partial charge in [0.1, 0.15) is 11.5 Å². The highest BCUT2D eigenvalue weighted by molar-refractivity contribution is 5.92. The second-order valence-electron chi connectivity index (χ2n) is 8.18. The molecule has 0 saturated carbocycles. The van der Waals surface area contributed by atoms with Crippen LogP contribution in [0.25, 0.3) is 0 Å². The minimum absolute atomic E-state index is 0.129. The standard InChI is InChI=1S/C20H27N5O2.C2HF3O2/c1-14(2)7-8-18(26)25-11-10-24-13-17(23-19(24)15(25)3)20(27)22-12-16-6-4-5-9-21-16;3-2(4,5)1(6)7/h4-6,9,13-15H,7-8,10-12H2,1-3H3,(H,22,27);(H,6,7). The van der Waals surface area contributed by atoms with Gasteiger partial charge < -0.3 is 19.9 Å². The predicted octanol–water partition coefficient (Wildman–Crippen LogP) is 3.18. The van der Waals surface area contributed by atoms with Gasteiger partial charge in [-0.1, -0.05) is 19.9 Å². The molecule has 1 aliphatic rings. The summed E-state index contributed by atoms with van der Waals surface area (Å²) in [4.78, 5) is 44.4. The SMILES string of the molecule is CC(C)CCC(=O)N1CCn2cc(C(=O)NCc3ccccn3)nc2C1C.O=C(O)C(F)(F)F. The number of nitrogens with one attached hydrogen (secondary N) is 1. The van der Waals surface area contributed by atoms with Gasteiger partial charge in [-0.05, 0) is 31.4 Å². The lowest BCUT2D eigenvalue weighted by molar-refractivity contribution is -0.192. The number of pyridine rings is 1. The number of carboxylic acid groups (broad SMARTS) is 1. The Morgan fingerprint density at radius 2 is 1.91 bits per heavy atom. The molecule has 1 aliphatic heterocycles. The third-order valence-corrected chi connectivity index (χ3v) is 5.12. The molecule has 2 aromatic heterocycles. The molecule has 12 heteroatoms. The van der Waals surface area contributed by atoms with Gasteiger partial charge in [0, 0.05) is 31.9 Å². The van der Waals surface area contributed by atoms with Crippen molar-refractivity contribution in [1.82, 2.24) is 24.8 Å². The number of amides is 2. The van der Waals surface area contributed by atoms with Gasteiger partial charge in [0.25, 0.3) is 5.91 Å². The lowest BCUT2D eigenvalue weighted by Crippen LogP contribution is -2.41. The molecule has 1 unspecified atom stereocenters. The molecule has 34 heavy (non-hydrogen) atoms. The molecule has 0 bridgehead atoms. The van der Waals surface area contributed by atoms with Crippen molar-refractivity contribution in [2.24, 2.45) is 5.92 Å². The van der Waals surface area contributed by atoms with E-state index in [0.717, 1.165) is 17.9 Å². The number of carbonyl (C=O) groups is 3. The Kier molecular flexibility index (Phi) is 9.16. The zero-order valence-corrected chi connectivity index (χ0v) is 19.2. The van der Waals surface area contributed by atoms with E-state index < -0.39 is 12.1 Å². The van der Waals surface area contributed by atoms with Gasteiger partial charge in [-0.2, -0.15) is 13.2 Å². The Hall–Kier alpha value is -3.44. The van der Waals surface area contributed by atoms with Crippen LogP contribution in [0.3, 0.4) is 0 Å². The smallest absolute Gasteiger partial charge is 0.475 e. The van der Waals surface area contributed by atoms with E-state index in [4.69, 9.17) is 9.90 Å². The first-order valence-electron chi connectivity index (χ1n) is 10.7. The number of alkyl halides is 3. The molecule has 186 valence electrons. The van der Waals surface area contributed by atoms with E-state index >= 15 is 0 Å². The molecule has 0 aromatic carbocycles. The number of hydrogen-bond acceptors (Lipinski definition) is 5. The molecule has 2 aromatic rings. The molecular formula is C22H28F3N5O4. The van der Waals surface area contributed by atoms with Gasteiger partial charge in [-0.25, -0.2) is 9.78 Å². The number of carboxylic acids is 1. The fraction of sp³-hybridized carbons (Fsp3) is 0.500. The summed E-state index contributed by atoms with van der Waals surface area (Å²) in [5.41, 5.74) is 1.18. The molecule has 0 radical (unpaired) electrons. The third kappa shape index (κ3) is 7.56. The normalized spacial score (nSPS) is 15.3. The van der Waals surface area contributed by atoms with Crippen LogP contribution in [0.2, 0.25) is 0 Å². The highest BCUT2D eigenvalue weighted by Gasteiger charge is 2.38. The van der Waals surface area contributed by atoms with Crippen LogP contribution in [0.15, 0.2) is 30.6 Å². The van der Waals surface area contributed by atoms with Crippen LogP contribution in [0.4, 0.5) is 13.2 Å². The Labute approximate surface area is 195 Å². The summed E-state index contributed by atoms with van der Waals surface area (Å²) >= 11 is 0. The molecule has 9 nitrogen and oxygen atoms in total. The van der Waals surface area contributed by atoms with Crippen molar-refractivity contribution < 1.29 is 32.7 Å². The van der Waals surface area contributed by atoms with Crippen molar-refractivity contribution in [3.63, 3.8) is 0 Å². The van der Waals surface area contributed by atoms with Crippen LogP contribution in [0.5, 0.6) is 0 Å². The lowest BCUT2D eigenvalue weighted by Gasteiger charge is -2.34. The maximum Gasteiger partial charge on any atom is 0.490 e. The minimum Gasteiger partial charge on any atom is -0.475 e. The zero-order valence-electron chi connectivity index (χ0n) is 19.2. The van der Waals surface area contributed by atoms with E-state index in [1.807, 2.05) is 34.6 Å². The number of rotatable bonds is 6. The molecule has 1 atom stereocenters. The number of aliphatic carboxylic acids is 1. The van der Waals surface area contributed by atoms with E-state index in [1.54, 1.807) is 12.4 Å². The predicted molar refractivity (Wildman–Crippen MR) is 116 cm³/mol. The lowest BCUT2D eigenvalue weighted by atomic mass is 10.1. The topological polar surface area (TPSA) is 117 Å². The first-order chi connectivity index (χ1) is 15.9. The quantitative estimate of drug-likeness (QED) is 0.652. The molecule has 0 aliphatic carbocycles. The van der Waals surface area contributed by atoms with Crippen molar-refractivity contribution in [3.8, 4) is 0 Å². The van der Waals surface area contributed by atoms with Crippen LogP contribution in [-0.2, 0) is 22.7 Å². The maximum atomic E-state index is 12.5. The molecule has 2 N–H and O–H groups in total. The van der Waals surface area contributed by atoms with E-state index in [2.05, 4.69) is 29.1 Å². The van der Waals surface area contributed by atoms with Crippen molar-refractivity contribution in [1.29, 1.82) is 0 Å². The summed E-state index contributed by atoms with van der Waals surface area (Å²) in [6.07, 6.45) is -0.170. The van der Waals surface area contributed by atoms with Crippen molar-refractivity contribution in [2.45, 2.75) is 58.9 Å². The highest BCUT2D eigenvalue weighted by Crippen LogP contribution is 2.26. The number of fused-ring (bicyclic) bond motifs is 1. The second kappa shape index (κ2) is 11.6. The summed E-state index contributed by atoms with van der Waals surface area (Å²) < 4.78 is 33.7. The van der Waals surface area contributed by atoms with Gasteiger partial charge in [0.2, 0.25) is 5.91 Å². The van der Waals surface area contributed by atoms with Crippen molar-refractivity contribution >= 4 is 17.8 Å². The summed E-state index contributed by atoms with van der Waals surface area (Å²) in [6, 6.07) is 5.46. The van der Waals surface area contributed by atoms with Gasteiger partial charge >= 0.3 is 12.1 Å². The molecule has 0 fully saturated rings.